The molecular weight excluding hydrogens is 240 g/mol. The monoisotopic (exact) mass is 248 g/mol. The van der Waals surface area contributed by atoms with Crippen molar-refractivity contribution in [3.63, 3.8) is 0 Å². The van der Waals surface area contributed by atoms with Gasteiger partial charge in [-0.05, 0) is 22.8 Å². The molecule has 0 saturated carbocycles. The smallest absolute Gasteiger partial charge is 0.211 e. The maximum absolute atomic E-state index is 10.6. The Kier molecular flexibility index (Phi) is 2.66. The van der Waals surface area contributed by atoms with Gasteiger partial charge in [-0.1, -0.05) is 36.4 Å². The van der Waals surface area contributed by atoms with E-state index in [1.807, 2.05) is 30.3 Å². The predicted octanol–water partition coefficient (Wildman–Crippen LogP) is 3.06. The van der Waals surface area contributed by atoms with Gasteiger partial charge < -0.3 is 0 Å². The second-order valence-electron chi connectivity index (χ2n) is 4.15. The second kappa shape index (κ2) is 4.46. The molecule has 1 atom stereocenters. The Labute approximate surface area is 109 Å². The molecule has 0 radical (unpaired) electrons. The molecule has 4 nitrogen and oxygen atoms in total. The van der Waals surface area contributed by atoms with E-state index in [9.17, 15) is 9.59 Å². The highest BCUT2D eigenvalue weighted by Gasteiger charge is 2.30. The Hall–Kier alpha value is -2.80. The lowest BCUT2D eigenvalue weighted by Crippen LogP contribution is -1.91. The fraction of sp³-hybridized carbons (Fsp3) is 0.0667. The van der Waals surface area contributed by atoms with Crippen LogP contribution in [0.2, 0.25) is 0 Å². The Balaban J connectivity index is 2.38. The van der Waals surface area contributed by atoms with Gasteiger partial charge in [0.15, 0.2) is 0 Å². The topological polar surface area (TPSA) is 58.9 Å². The molecule has 19 heavy (non-hydrogen) atoms. The van der Waals surface area contributed by atoms with E-state index in [-0.39, 0.29) is 6.04 Å². The van der Waals surface area contributed by atoms with Crippen LogP contribution in [0.1, 0.15) is 17.2 Å². The minimum Gasteiger partial charge on any atom is -0.211 e. The number of isocyanates is 2. The first kappa shape index (κ1) is 11.3. The molecule has 0 aromatic heterocycles. The minimum absolute atomic E-state index is 0.370. The third kappa shape index (κ3) is 1.64. The van der Waals surface area contributed by atoms with Crippen molar-refractivity contribution >= 4 is 17.8 Å². The number of rotatable bonds is 2. The first-order valence-electron chi connectivity index (χ1n) is 5.74. The van der Waals surface area contributed by atoms with Crippen LogP contribution < -0.4 is 0 Å². The lowest BCUT2D eigenvalue weighted by atomic mass is 10.0. The largest absolute Gasteiger partial charge is 0.240 e. The number of fused-ring (bicyclic) bond motifs is 3. The molecular formula is C15H8N2O2. The van der Waals surface area contributed by atoms with Crippen LogP contribution in [-0.4, -0.2) is 12.2 Å². The number of aliphatic imine (C=N–C) groups is 2. The summed E-state index contributed by atoms with van der Waals surface area (Å²) in [5.74, 6) is 0. The summed E-state index contributed by atoms with van der Waals surface area (Å²) in [6.45, 7) is 0. The molecule has 0 amide bonds. The van der Waals surface area contributed by atoms with Crippen molar-refractivity contribution in [1.29, 1.82) is 0 Å². The van der Waals surface area contributed by atoms with Crippen LogP contribution in [0.3, 0.4) is 0 Å². The summed E-state index contributed by atoms with van der Waals surface area (Å²) in [6.07, 6.45) is 3.17. The van der Waals surface area contributed by atoms with Gasteiger partial charge in [0, 0.05) is 5.56 Å². The van der Waals surface area contributed by atoms with E-state index < -0.39 is 0 Å². The Morgan fingerprint density at radius 2 is 1.68 bits per heavy atom. The molecule has 4 heteroatoms. The molecule has 2 aromatic carbocycles. The van der Waals surface area contributed by atoms with E-state index in [0.29, 0.717) is 5.69 Å². The van der Waals surface area contributed by atoms with Gasteiger partial charge in [-0.25, -0.2) is 9.59 Å². The first-order chi connectivity index (χ1) is 9.36. The van der Waals surface area contributed by atoms with Crippen LogP contribution in [0.4, 0.5) is 5.69 Å². The van der Waals surface area contributed by atoms with Crippen molar-refractivity contribution in [3.8, 4) is 11.1 Å². The van der Waals surface area contributed by atoms with E-state index in [1.54, 1.807) is 24.3 Å². The molecule has 0 heterocycles. The van der Waals surface area contributed by atoms with E-state index in [0.717, 1.165) is 22.3 Å². The number of nitrogens with zero attached hydrogens (tertiary/aromatic N) is 2. The molecule has 1 aliphatic carbocycles. The lowest BCUT2D eigenvalue weighted by molar-refractivity contribution is 0.561. The Morgan fingerprint density at radius 1 is 0.895 bits per heavy atom. The molecule has 0 spiro atoms. The normalized spacial score (nSPS) is 14.8. The average Bonchev–Trinajstić information content (AvgIpc) is 2.76. The van der Waals surface area contributed by atoms with Crippen LogP contribution in [0, 0.1) is 0 Å². The van der Waals surface area contributed by atoms with Crippen LogP contribution in [-0.2, 0) is 9.59 Å². The number of carbonyl (C=O) groups excluding carboxylic acids is 2. The summed E-state index contributed by atoms with van der Waals surface area (Å²) < 4.78 is 0. The summed E-state index contributed by atoms with van der Waals surface area (Å²) in [6, 6.07) is 12.7. The molecule has 1 aliphatic rings. The van der Waals surface area contributed by atoms with E-state index in [2.05, 4.69) is 9.98 Å². The predicted molar refractivity (Wildman–Crippen MR) is 69.6 cm³/mol. The minimum atomic E-state index is -0.370. The van der Waals surface area contributed by atoms with Crippen molar-refractivity contribution in [3.05, 3.63) is 53.6 Å². The summed E-state index contributed by atoms with van der Waals surface area (Å²) in [5.41, 5.74) is 4.11. The van der Waals surface area contributed by atoms with E-state index in [4.69, 9.17) is 0 Å². The molecule has 1 unspecified atom stereocenters. The van der Waals surface area contributed by atoms with Crippen molar-refractivity contribution < 1.29 is 9.59 Å². The van der Waals surface area contributed by atoms with Gasteiger partial charge in [0.1, 0.15) is 6.04 Å². The molecule has 3 rings (SSSR count). The van der Waals surface area contributed by atoms with Crippen molar-refractivity contribution in [2.24, 2.45) is 9.98 Å². The molecule has 0 saturated heterocycles. The molecule has 2 aromatic rings. The highest BCUT2D eigenvalue weighted by molar-refractivity contribution is 5.87. The Bertz CT molecular complexity index is 754. The SMILES string of the molecule is O=C=Nc1cccc2c1-c1ccccc1C2N=C=O. The summed E-state index contributed by atoms with van der Waals surface area (Å²) in [5, 5.41) is 0. The lowest BCUT2D eigenvalue weighted by Gasteiger charge is -2.05. The standard InChI is InChI=1S/C15H8N2O2/c18-8-16-13-7-3-6-12-14(13)10-4-1-2-5-11(10)15(12)17-9-19/h1-7,15H. The molecule has 0 bridgehead atoms. The van der Waals surface area contributed by atoms with Gasteiger partial charge in [-0.2, -0.15) is 9.98 Å². The zero-order valence-corrected chi connectivity index (χ0v) is 9.83. The van der Waals surface area contributed by atoms with Crippen LogP contribution >= 0.6 is 0 Å². The summed E-state index contributed by atoms with van der Waals surface area (Å²) >= 11 is 0. The fourth-order valence-corrected chi connectivity index (χ4v) is 2.54. The van der Waals surface area contributed by atoms with Gasteiger partial charge in [-0.15, -0.1) is 0 Å². The quantitative estimate of drug-likeness (QED) is 0.605. The zero-order valence-electron chi connectivity index (χ0n) is 9.83. The van der Waals surface area contributed by atoms with E-state index in [1.165, 1.54) is 0 Å². The molecule has 0 aliphatic heterocycles. The third-order valence-electron chi connectivity index (χ3n) is 3.24. The zero-order chi connectivity index (χ0) is 13.2. The van der Waals surface area contributed by atoms with Gasteiger partial charge in [0.05, 0.1) is 5.69 Å². The summed E-state index contributed by atoms with van der Waals surface area (Å²) in [4.78, 5) is 28.7. The van der Waals surface area contributed by atoms with Gasteiger partial charge >= 0.3 is 0 Å². The molecule has 0 N–H and O–H groups in total. The van der Waals surface area contributed by atoms with Gasteiger partial charge in [-0.3, -0.25) is 0 Å². The maximum atomic E-state index is 10.6. The molecule has 0 fully saturated rings. The number of benzene rings is 2. The first-order valence-corrected chi connectivity index (χ1v) is 5.74. The van der Waals surface area contributed by atoms with Crippen LogP contribution in [0.5, 0.6) is 0 Å². The average molecular weight is 248 g/mol. The van der Waals surface area contributed by atoms with Crippen molar-refractivity contribution in [2.75, 3.05) is 0 Å². The second-order valence-corrected chi connectivity index (χ2v) is 4.15. The Morgan fingerprint density at radius 3 is 2.47 bits per heavy atom. The van der Waals surface area contributed by atoms with Crippen molar-refractivity contribution in [1.82, 2.24) is 0 Å². The van der Waals surface area contributed by atoms with E-state index >= 15 is 0 Å². The van der Waals surface area contributed by atoms with Gasteiger partial charge in [0.2, 0.25) is 12.2 Å². The highest BCUT2D eigenvalue weighted by Crippen LogP contribution is 2.49. The van der Waals surface area contributed by atoms with Crippen molar-refractivity contribution in [2.45, 2.75) is 6.04 Å². The number of hydrogen-bond acceptors (Lipinski definition) is 4. The summed E-state index contributed by atoms with van der Waals surface area (Å²) in [7, 11) is 0. The maximum Gasteiger partial charge on any atom is 0.240 e. The van der Waals surface area contributed by atoms with Crippen LogP contribution in [0.25, 0.3) is 11.1 Å². The molecule has 90 valence electrons. The third-order valence-corrected chi connectivity index (χ3v) is 3.24. The van der Waals surface area contributed by atoms with Crippen LogP contribution in [0.15, 0.2) is 52.4 Å². The highest BCUT2D eigenvalue weighted by atomic mass is 16.1. The fourth-order valence-electron chi connectivity index (χ4n) is 2.54. The van der Waals surface area contributed by atoms with Gasteiger partial charge in [0.25, 0.3) is 0 Å². The number of hydrogen-bond donors (Lipinski definition) is 0.